The molecule has 0 bridgehead atoms. The van der Waals surface area contributed by atoms with Gasteiger partial charge in [-0.25, -0.2) is 4.98 Å². The zero-order valence-electron chi connectivity index (χ0n) is 11.7. The molecule has 1 fully saturated rings. The lowest BCUT2D eigenvalue weighted by Crippen LogP contribution is -2.28. The summed E-state index contributed by atoms with van der Waals surface area (Å²) in [6.07, 6.45) is 3.55. The minimum atomic E-state index is 0.252. The first-order valence-corrected chi connectivity index (χ1v) is 7.13. The van der Waals surface area contributed by atoms with E-state index in [-0.39, 0.29) is 6.04 Å². The van der Waals surface area contributed by atoms with Crippen molar-refractivity contribution in [1.29, 1.82) is 0 Å². The Labute approximate surface area is 119 Å². The molecule has 2 heterocycles. The van der Waals surface area contributed by atoms with Crippen molar-refractivity contribution in [3.63, 3.8) is 0 Å². The Kier molecular flexibility index (Phi) is 3.92. The summed E-state index contributed by atoms with van der Waals surface area (Å²) in [5.74, 6) is 2.26. The summed E-state index contributed by atoms with van der Waals surface area (Å²) >= 11 is 0. The summed E-state index contributed by atoms with van der Waals surface area (Å²) < 4.78 is 5.81. The van der Waals surface area contributed by atoms with Crippen molar-refractivity contribution in [3.8, 4) is 11.6 Å². The molecule has 1 aliphatic heterocycles. The number of aryl methyl sites for hydroxylation is 1. The normalized spacial score (nSPS) is 18.8. The molecule has 0 radical (unpaired) electrons. The zero-order valence-corrected chi connectivity index (χ0v) is 11.7. The molecule has 1 saturated heterocycles. The Bertz CT molecular complexity index is 565. The molecule has 0 spiro atoms. The van der Waals surface area contributed by atoms with Crippen molar-refractivity contribution in [3.05, 3.63) is 47.9 Å². The lowest BCUT2D eigenvalue weighted by atomic mass is 10.0. The van der Waals surface area contributed by atoms with E-state index in [9.17, 15) is 0 Å². The summed E-state index contributed by atoms with van der Waals surface area (Å²) in [6.45, 7) is 3.02. The molecule has 4 nitrogen and oxygen atoms in total. The Hall–Kier alpha value is -1.94. The largest absolute Gasteiger partial charge is 0.439 e. The van der Waals surface area contributed by atoms with Crippen molar-refractivity contribution in [2.75, 3.05) is 6.54 Å². The van der Waals surface area contributed by atoms with Crippen molar-refractivity contribution in [1.82, 2.24) is 15.3 Å². The fourth-order valence-electron chi connectivity index (χ4n) is 2.45. The molecule has 4 heteroatoms. The van der Waals surface area contributed by atoms with Gasteiger partial charge in [0.05, 0.1) is 6.04 Å². The number of nitrogens with zero attached hydrogens (tertiary/aromatic N) is 2. The molecule has 20 heavy (non-hydrogen) atoms. The van der Waals surface area contributed by atoms with Gasteiger partial charge in [-0.05, 0) is 38.4 Å². The van der Waals surface area contributed by atoms with Crippen molar-refractivity contribution < 1.29 is 4.74 Å². The molecular weight excluding hydrogens is 250 g/mol. The van der Waals surface area contributed by atoms with Crippen LogP contribution in [-0.2, 0) is 0 Å². The number of ether oxygens (including phenoxy) is 1. The number of piperidine rings is 1. The topological polar surface area (TPSA) is 47.0 Å². The maximum Gasteiger partial charge on any atom is 0.222 e. The van der Waals surface area contributed by atoms with Crippen LogP contribution in [-0.4, -0.2) is 16.5 Å². The highest BCUT2D eigenvalue weighted by molar-refractivity contribution is 5.27. The third-order valence-corrected chi connectivity index (χ3v) is 3.44. The highest BCUT2D eigenvalue weighted by Gasteiger charge is 2.18. The number of benzene rings is 1. The average Bonchev–Trinajstić information content (AvgIpc) is 2.49. The predicted molar refractivity (Wildman–Crippen MR) is 77.9 cm³/mol. The van der Waals surface area contributed by atoms with Gasteiger partial charge in [-0.15, -0.1) is 0 Å². The molecule has 1 aromatic heterocycles. The monoisotopic (exact) mass is 269 g/mol. The van der Waals surface area contributed by atoms with Gasteiger partial charge in [0, 0.05) is 11.8 Å². The number of hydrogen-bond acceptors (Lipinski definition) is 4. The van der Waals surface area contributed by atoms with Crippen molar-refractivity contribution in [2.45, 2.75) is 32.2 Å². The lowest BCUT2D eigenvalue weighted by molar-refractivity contribution is 0.387. The maximum atomic E-state index is 5.81. The molecule has 3 rings (SSSR count). The van der Waals surface area contributed by atoms with Crippen LogP contribution in [0.2, 0.25) is 0 Å². The van der Waals surface area contributed by atoms with E-state index in [4.69, 9.17) is 4.74 Å². The highest BCUT2D eigenvalue weighted by Crippen LogP contribution is 2.24. The summed E-state index contributed by atoms with van der Waals surface area (Å²) in [7, 11) is 0. The number of nitrogens with one attached hydrogen (secondary N) is 1. The SMILES string of the molecule is Cc1cc(Oc2ccccc2)nc([C@@H]2CCCCN2)n1. The summed E-state index contributed by atoms with van der Waals surface area (Å²) in [6, 6.07) is 11.8. The third kappa shape index (κ3) is 3.14. The summed E-state index contributed by atoms with van der Waals surface area (Å²) in [4.78, 5) is 9.10. The van der Waals surface area contributed by atoms with Crippen LogP contribution >= 0.6 is 0 Å². The van der Waals surface area contributed by atoms with E-state index in [0.29, 0.717) is 5.88 Å². The van der Waals surface area contributed by atoms with Crippen molar-refractivity contribution in [2.24, 2.45) is 0 Å². The molecule has 2 aromatic rings. The molecule has 1 aromatic carbocycles. The highest BCUT2D eigenvalue weighted by atomic mass is 16.5. The van der Waals surface area contributed by atoms with E-state index >= 15 is 0 Å². The molecule has 1 atom stereocenters. The second-order valence-corrected chi connectivity index (χ2v) is 5.12. The van der Waals surface area contributed by atoms with Crippen molar-refractivity contribution >= 4 is 0 Å². The minimum absolute atomic E-state index is 0.252. The van der Waals surface area contributed by atoms with E-state index in [1.165, 1.54) is 12.8 Å². The molecule has 0 amide bonds. The first-order valence-electron chi connectivity index (χ1n) is 7.13. The Morgan fingerprint density at radius 2 is 2.00 bits per heavy atom. The predicted octanol–water partition coefficient (Wildman–Crippen LogP) is 3.39. The Morgan fingerprint density at radius 1 is 1.15 bits per heavy atom. The first-order chi connectivity index (χ1) is 9.81. The average molecular weight is 269 g/mol. The van der Waals surface area contributed by atoms with Gasteiger partial charge in [0.1, 0.15) is 11.6 Å². The maximum absolute atomic E-state index is 5.81. The molecule has 1 N–H and O–H groups in total. The Balaban J connectivity index is 1.82. The van der Waals surface area contributed by atoms with Gasteiger partial charge >= 0.3 is 0 Å². The second-order valence-electron chi connectivity index (χ2n) is 5.12. The van der Waals surface area contributed by atoms with Crippen LogP contribution < -0.4 is 10.1 Å². The second kappa shape index (κ2) is 6.01. The van der Waals surface area contributed by atoms with Gasteiger partial charge in [0.15, 0.2) is 0 Å². The molecule has 0 aliphatic carbocycles. The molecule has 0 unspecified atom stereocenters. The van der Waals surface area contributed by atoms with Crippen LogP contribution in [0.4, 0.5) is 0 Å². The van der Waals surface area contributed by atoms with Gasteiger partial charge in [-0.2, -0.15) is 4.98 Å². The quantitative estimate of drug-likeness (QED) is 0.927. The van der Waals surface area contributed by atoms with Gasteiger partial charge in [0.25, 0.3) is 0 Å². The van der Waals surface area contributed by atoms with Gasteiger partial charge < -0.3 is 10.1 Å². The standard InChI is InChI=1S/C16H19N3O/c1-12-11-15(20-13-7-3-2-4-8-13)19-16(18-12)14-9-5-6-10-17-14/h2-4,7-8,11,14,17H,5-6,9-10H2,1H3/t14-/m0/s1. The lowest BCUT2D eigenvalue weighted by Gasteiger charge is -2.22. The molecule has 0 saturated carbocycles. The molecular formula is C16H19N3O. The van der Waals surface area contributed by atoms with Crippen LogP contribution in [0.5, 0.6) is 11.6 Å². The first kappa shape index (κ1) is 13.1. The zero-order chi connectivity index (χ0) is 13.8. The number of hydrogen-bond donors (Lipinski definition) is 1. The van der Waals surface area contributed by atoms with Crippen LogP contribution in [0, 0.1) is 6.92 Å². The van der Waals surface area contributed by atoms with Crippen LogP contribution in [0.25, 0.3) is 0 Å². The van der Waals surface area contributed by atoms with E-state index in [1.54, 1.807) is 0 Å². The minimum Gasteiger partial charge on any atom is -0.439 e. The Morgan fingerprint density at radius 3 is 2.75 bits per heavy atom. The van der Waals surface area contributed by atoms with E-state index in [0.717, 1.165) is 30.2 Å². The van der Waals surface area contributed by atoms with Crippen LogP contribution in [0.1, 0.15) is 36.8 Å². The van der Waals surface area contributed by atoms with E-state index in [2.05, 4.69) is 15.3 Å². The summed E-state index contributed by atoms with van der Waals surface area (Å²) in [5.41, 5.74) is 0.938. The number of para-hydroxylation sites is 1. The van der Waals surface area contributed by atoms with Gasteiger partial charge in [0.2, 0.25) is 5.88 Å². The van der Waals surface area contributed by atoms with Crippen LogP contribution in [0.3, 0.4) is 0 Å². The smallest absolute Gasteiger partial charge is 0.222 e. The number of aromatic nitrogens is 2. The molecule has 104 valence electrons. The van der Waals surface area contributed by atoms with E-state index < -0.39 is 0 Å². The summed E-state index contributed by atoms with van der Waals surface area (Å²) in [5, 5.41) is 3.47. The van der Waals surface area contributed by atoms with E-state index in [1.807, 2.05) is 43.3 Å². The van der Waals surface area contributed by atoms with Gasteiger partial charge in [-0.1, -0.05) is 24.6 Å². The van der Waals surface area contributed by atoms with Crippen LogP contribution in [0.15, 0.2) is 36.4 Å². The van der Waals surface area contributed by atoms with Gasteiger partial charge in [-0.3, -0.25) is 0 Å². The fraction of sp³-hybridized carbons (Fsp3) is 0.375. The fourth-order valence-corrected chi connectivity index (χ4v) is 2.45. The third-order valence-electron chi connectivity index (χ3n) is 3.44. The molecule has 1 aliphatic rings. The number of rotatable bonds is 3.